The maximum Gasteiger partial charge on any atom is 0.329 e. The van der Waals surface area contributed by atoms with Gasteiger partial charge in [-0.15, -0.1) is 0 Å². The maximum atomic E-state index is 14.3. The second kappa shape index (κ2) is 7.19. The first-order chi connectivity index (χ1) is 16.2. The molecule has 5 aliphatic rings. The Morgan fingerprint density at radius 2 is 1.00 bits per heavy atom. The summed E-state index contributed by atoms with van der Waals surface area (Å²) in [6.07, 6.45) is 7.08. The van der Waals surface area contributed by atoms with E-state index in [0.717, 1.165) is 25.7 Å². The van der Waals surface area contributed by atoms with Crippen LogP contribution in [0.5, 0.6) is 11.5 Å². The maximum absolute atomic E-state index is 14.3. The van der Waals surface area contributed by atoms with Crippen molar-refractivity contribution < 1.29 is 19.1 Å². The van der Waals surface area contributed by atoms with Gasteiger partial charge in [-0.3, -0.25) is 9.59 Å². The molecule has 170 valence electrons. The molecule has 2 aromatic carbocycles. The highest BCUT2D eigenvalue weighted by Crippen LogP contribution is 2.76. The van der Waals surface area contributed by atoms with Gasteiger partial charge in [-0.1, -0.05) is 36.4 Å². The first-order valence-electron chi connectivity index (χ1n) is 12.7. The van der Waals surface area contributed by atoms with Gasteiger partial charge in [-0.25, -0.2) is 0 Å². The van der Waals surface area contributed by atoms with Gasteiger partial charge in [0.1, 0.15) is 11.5 Å². The fourth-order valence-electron chi connectivity index (χ4n) is 9.34. The molecular formula is C29H30O4. The van der Waals surface area contributed by atoms with Crippen molar-refractivity contribution in [2.24, 2.45) is 52.8 Å². The summed E-state index contributed by atoms with van der Waals surface area (Å²) in [7, 11) is 0. The predicted octanol–water partition coefficient (Wildman–Crippen LogP) is 5.52. The van der Waals surface area contributed by atoms with Crippen molar-refractivity contribution in [2.75, 3.05) is 0 Å². The van der Waals surface area contributed by atoms with Gasteiger partial charge in [0.15, 0.2) is 5.41 Å². The third kappa shape index (κ3) is 2.64. The Balaban J connectivity index is 1.36. The van der Waals surface area contributed by atoms with Gasteiger partial charge < -0.3 is 9.47 Å². The molecule has 4 bridgehead atoms. The highest BCUT2D eigenvalue weighted by atomic mass is 16.6. The van der Waals surface area contributed by atoms with E-state index in [9.17, 15) is 9.59 Å². The van der Waals surface area contributed by atoms with Crippen LogP contribution in [0.1, 0.15) is 38.5 Å². The van der Waals surface area contributed by atoms with Crippen molar-refractivity contribution in [3.8, 4) is 11.5 Å². The molecule has 4 nitrogen and oxygen atoms in total. The van der Waals surface area contributed by atoms with Gasteiger partial charge in [0.2, 0.25) is 0 Å². The van der Waals surface area contributed by atoms with Crippen LogP contribution in [0.4, 0.5) is 0 Å². The van der Waals surface area contributed by atoms with E-state index in [-0.39, 0.29) is 23.8 Å². The van der Waals surface area contributed by atoms with Crippen LogP contribution in [0.25, 0.3) is 0 Å². The average Bonchev–Trinajstić information content (AvgIpc) is 3.64. The summed E-state index contributed by atoms with van der Waals surface area (Å²) in [6, 6.07) is 18.5. The van der Waals surface area contributed by atoms with E-state index in [2.05, 4.69) is 0 Å². The molecule has 4 heteroatoms. The van der Waals surface area contributed by atoms with Crippen LogP contribution in [0.3, 0.4) is 0 Å². The smallest absolute Gasteiger partial charge is 0.329 e. The summed E-state index contributed by atoms with van der Waals surface area (Å²) in [5.41, 5.74) is -1.19. The molecule has 5 saturated carbocycles. The van der Waals surface area contributed by atoms with Crippen molar-refractivity contribution in [1.29, 1.82) is 0 Å². The molecule has 0 aliphatic heterocycles. The molecule has 0 N–H and O–H groups in total. The molecule has 7 rings (SSSR count). The molecule has 8 unspecified atom stereocenters. The number of carbonyl (C=O) groups excluding carboxylic acids is 2. The van der Waals surface area contributed by atoms with Crippen LogP contribution in [0.2, 0.25) is 0 Å². The SMILES string of the molecule is O=C(Oc1ccccc1)C1(C(=O)Oc2ccccc2)C2C3CCC(C3)C2C2C3CCC(C3)C21. The Labute approximate surface area is 194 Å². The zero-order valence-corrected chi connectivity index (χ0v) is 18.8. The van der Waals surface area contributed by atoms with E-state index in [1.54, 1.807) is 24.3 Å². The summed E-state index contributed by atoms with van der Waals surface area (Å²) < 4.78 is 12.1. The minimum absolute atomic E-state index is 0.0575. The highest BCUT2D eigenvalue weighted by Gasteiger charge is 2.79. The summed E-state index contributed by atoms with van der Waals surface area (Å²) in [6.45, 7) is 0. The molecule has 0 radical (unpaired) electrons. The molecule has 33 heavy (non-hydrogen) atoms. The van der Waals surface area contributed by atoms with Gasteiger partial charge in [-0.05, 0) is 110 Å². The molecule has 5 aliphatic carbocycles. The number of benzene rings is 2. The molecule has 0 amide bonds. The third-order valence-corrected chi connectivity index (χ3v) is 10.0. The third-order valence-electron chi connectivity index (χ3n) is 10.0. The molecule has 0 heterocycles. The summed E-state index contributed by atoms with van der Waals surface area (Å²) >= 11 is 0. The Hall–Kier alpha value is -2.62. The van der Waals surface area contributed by atoms with Crippen molar-refractivity contribution in [3.05, 3.63) is 60.7 Å². The topological polar surface area (TPSA) is 52.6 Å². The first kappa shape index (κ1) is 19.8. The summed E-state index contributed by atoms with van der Waals surface area (Å²) in [5.74, 6) is 3.52. The number of ether oxygens (including phenoxy) is 2. The van der Waals surface area contributed by atoms with E-state index in [1.807, 2.05) is 36.4 Å². The second-order valence-corrected chi connectivity index (χ2v) is 11.1. The monoisotopic (exact) mass is 442 g/mol. The number of rotatable bonds is 4. The average molecular weight is 443 g/mol. The van der Waals surface area contributed by atoms with Gasteiger partial charge in [-0.2, -0.15) is 0 Å². The van der Waals surface area contributed by atoms with Crippen LogP contribution in [0.15, 0.2) is 60.7 Å². The van der Waals surface area contributed by atoms with Crippen LogP contribution >= 0.6 is 0 Å². The fraction of sp³-hybridized carbons (Fsp3) is 0.517. The van der Waals surface area contributed by atoms with Crippen LogP contribution in [-0.2, 0) is 9.59 Å². The standard InChI is InChI=1S/C29H30O4/c30-27(32-21-7-3-1-4-8-21)29(28(31)33-22-9-5-2-6-10-22)25-19-13-11-17(15-19)23(25)24-18-12-14-20(16-18)26(24)29/h1-10,17-20,23-26H,11-16H2. The molecule has 2 aromatic rings. The Morgan fingerprint density at radius 1 is 0.606 bits per heavy atom. The quantitative estimate of drug-likeness (QED) is 0.355. The second-order valence-electron chi connectivity index (χ2n) is 11.1. The zero-order valence-electron chi connectivity index (χ0n) is 18.8. The zero-order chi connectivity index (χ0) is 22.2. The van der Waals surface area contributed by atoms with Crippen molar-refractivity contribution in [3.63, 3.8) is 0 Å². The number of esters is 2. The number of hydrogen-bond acceptors (Lipinski definition) is 4. The van der Waals surface area contributed by atoms with E-state index in [0.29, 0.717) is 47.0 Å². The fourth-order valence-corrected chi connectivity index (χ4v) is 9.34. The Morgan fingerprint density at radius 3 is 1.42 bits per heavy atom. The van der Waals surface area contributed by atoms with Gasteiger partial charge in [0.25, 0.3) is 0 Å². The Bertz CT molecular complexity index is 992. The van der Waals surface area contributed by atoms with E-state index >= 15 is 0 Å². The van der Waals surface area contributed by atoms with Crippen molar-refractivity contribution in [1.82, 2.24) is 0 Å². The number of carbonyl (C=O) groups is 2. The summed E-state index contributed by atoms with van der Waals surface area (Å²) in [5, 5.41) is 0. The molecule has 5 fully saturated rings. The minimum atomic E-state index is -1.19. The number of hydrogen-bond donors (Lipinski definition) is 0. The molecule has 0 spiro atoms. The lowest BCUT2D eigenvalue weighted by Gasteiger charge is -2.40. The van der Waals surface area contributed by atoms with Gasteiger partial charge in [0, 0.05) is 0 Å². The van der Waals surface area contributed by atoms with E-state index < -0.39 is 5.41 Å². The normalized spacial score (nSPS) is 38.7. The van der Waals surface area contributed by atoms with Crippen LogP contribution in [-0.4, -0.2) is 11.9 Å². The minimum Gasteiger partial charge on any atom is -0.426 e. The largest absolute Gasteiger partial charge is 0.426 e. The number of para-hydroxylation sites is 2. The lowest BCUT2D eigenvalue weighted by Crippen LogP contribution is -2.54. The Kier molecular flexibility index (Phi) is 4.32. The van der Waals surface area contributed by atoms with Crippen molar-refractivity contribution in [2.45, 2.75) is 38.5 Å². The van der Waals surface area contributed by atoms with Crippen LogP contribution in [0, 0.1) is 52.8 Å². The predicted molar refractivity (Wildman–Crippen MR) is 122 cm³/mol. The van der Waals surface area contributed by atoms with E-state index in [4.69, 9.17) is 9.47 Å². The van der Waals surface area contributed by atoms with Gasteiger partial charge in [0.05, 0.1) is 0 Å². The summed E-state index contributed by atoms with van der Waals surface area (Å²) in [4.78, 5) is 28.6. The van der Waals surface area contributed by atoms with Crippen LogP contribution < -0.4 is 9.47 Å². The van der Waals surface area contributed by atoms with Gasteiger partial charge >= 0.3 is 11.9 Å². The first-order valence-corrected chi connectivity index (χ1v) is 12.7. The molecule has 0 saturated heterocycles. The number of fused-ring (bicyclic) bond motifs is 11. The molecule has 8 atom stereocenters. The highest BCUT2D eigenvalue weighted by molar-refractivity contribution is 6.03. The molecular weight excluding hydrogens is 412 g/mol. The van der Waals surface area contributed by atoms with Crippen molar-refractivity contribution >= 4 is 11.9 Å². The lowest BCUT2D eigenvalue weighted by atomic mass is 9.63. The molecule has 0 aromatic heterocycles. The lowest BCUT2D eigenvalue weighted by molar-refractivity contribution is -0.172. The van der Waals surface area contributed by atoms with E-state index in [1.165, 1.54) is 12.8 Å².